The van der Waals surface area contributed by atoms with E-state index in [-0.39, 0.29) is 35.6 Å². The summed E-state index contributed by atoms with van der Waals surface area (Å²) in [5, 5.41) is 5.26. The van der Waals surface area contributed by atoms with Crippen molar-refractivity contribution >= 4 is 27.5 Å². The molecule has 0 atom stereocenters. The van der Waals surface area contributed by atoms with Crippen LogP contribution in [0, 0.1) is 0 Å². The summed E-state index contributed by atoms with van der Waals surface area (Å²) >= 11 is 0. The number of carbonyl (C=O) groups is 2. The standard InChI is InChI=1S/C20H19N3O5S/c24-19(21-12-13-22-20(25)18-7-4-14-28-18)15-8-10-17(11-9-15)29(26,27)23-16-5-2-1-3-6-16/h1-11,14,23H,12-13H2,(H,21,24)(H,22,25). The molecule has 0 bridgehead atoms. The summed E-state index contributed by atoms with van der Waals surface area (Å²) in [4.78, 5) is 23.9. The molecule has 1 aromatic heterocycles. The first-order chi connectivity index (χ1) is 14.0. The van der Waals surface area contributed by atoms with Crippen molar-refractivity contribution in [3.63, 3.8) is 0 Å². The Morgan fingerprint density at radius 3 is 2.07 bits per heavy atom. The number of carbonyl (C=O) groups excluding carboxylic acids is 2. The van der Waals surface area contributed by atoms with Gasteiger partial charge in [0.2, 0.25) is 0 Å². The average Bonchev–Trinajstić information content (AvgIpc) is 3.26. The molecular weight excluding hydrogens is 394 g/mol. The van der Waals surface area contributed by atoms with Crippen molar-refractivity contribution in [1.29, 1.82) is 0 Å². The van der Waals surface area contributed by atoms with Crippen molar-refractivity contribution in [2.24, 2.45) is 0 Å². The zero-order valence-corrected chi connectivity index (χ0v) is 16.1. The monoisotopic (exact) mass is 413 g/mol. The molecule has 8 nitrogen and oxygen atoms in total. The van der Waals surface area contributed by atoms with Crippen molar-refractivity contribution in [2.45, 2.75) is 4.90 Å². The van der Waals surface area contributed by atoms with Crippen molar-refractivity contribution in [3.8, 4) is 0 Å². The first-order valence-corrected chi connectivity index (χ1v) is 10.2. The highest BCUT2D eigenvalue weighted by Crippen LogP contribution is 2.16. The third-order valence-electron chi connectivity index (χ3n) is 3.89. The lowest BCUT2D eigenvalue weighted by molar-refractivity contribution is 0.0910. The van der Waals surface area contributed by atoms with Crippen LogP contribution in [0.1, 0.15) is 20.9 Å². The molecule has 0 spiro atoms. The van der Waals surface area contributed by atoms with E-state index in [1.807, 2.05) is 0 Å². The number of sulfonamides is 1. The van der Waals surface area contributed by atoms with Gasteiger partial charge in [-0.15, -0.1) is 0 Å². The zero-order valence-electron chi connectivity index (χ0n) is 15.3. The molecule has 3 aromatic rings. The minimum atomic E-state index is -3.75. The second-order valence-corrected chi connectivity index (χ2v) is 7.67. The normalized spacial score (nSPS) is 10.9. The molecule has 0 radical (unpaired) electrons. The van der Waals surface area contributed by atoms with Gasteiger partial charge in [-0.05, 0) is 48.5 Å². The highest BCUT2D eigenvalue weighted by Gasteiger charge is 2.15. The zero-order chi connectivity index (χ0) is 20.7. The van der Waals surface area contributed by atoms with Gasteiger partial charge in [-0.1, -0.05) is 18.2 Å². The summed E-state index contributed by atoms with van der Waals surface area (Å²) in [7, 11) is -3.75. The van der Waals surface area contributed by atoms with Crippen LogP contribution in [-0.2, 0) is 10.0 Å². The topological polar surface area (TPSA) is 118 Å². The molecule has 0 fully saturated rings. The van der Waals surface area contributed by atoms with Crippen LogP contribution in [0.3, 0.4) is 0 Å². The first-order valence-electron chi connectivity index (χ1n) is 8.73. The number of amides is 2. The third-order valence-corrected chi connectivity index (χ3v) is 5.29. The average molecular weight is 413 g/mol. The van der Waals surface area contributed by atoms with Crippen molar-refractivity contribution in [2.75, 3.05) is 17.8 Å². The molecule has 29 heavy (non-hydrogen) atoms. The predicted molar refractivity (Wildman–Crippen MR) is 107 cm³/mol. The van der Waals surface area contributed by atoms with E-state index in [0.717, 1.165) is 0 Å². The maximum atomic E-state index is 12.4. The Bertz CT molecular complexity index is 1060. The SMILES string of the molecule is O=C(NCCNC(=O)c1ccco1)c1ccc(S(=O)(=O)Nc2ccccc2)cc1. The number of rotatable bonds is 8. The van der Waals surface area contributed by atoms with Crippen LogP contribution in [0.15, 0.2) is 82.3 Å². The Labute approximate surface area is 168 Å². The highest BCUT2D eigenvalue weighted by molar-refractivity contribution is 7.92. The fraction of sp³-hybridized carbons (Fsp3) is 0.100. The summed E-state index contributed by atoms with van der Waals surface area (Å²) in [6.07, 6.45) is 1.40. The highest BCUT2D eigenvalue weighted by atomic mass is 32.2. The van der Waals surface area contributed by atoms with Gasteiger partial charge in [0.25, 0.3) is 21.8 Å². The smallest absolute Gasteiger partial charge is 0.287 e. The van der Waals surface area contributed by atoms with Crippen molar-refractivity contribution < 1.29 is 22.4 Å². The van der Waals surface area contributed by atoms with E-state index in [2.05, 4.69) is 15.4 Å². The predicted octanol–water partition coefficient (Wildman–Crippen LogP) is 2.24. The molecule has 3 N–H and O–H groups in total. The van der Waals surface area contributed by atoms with E-state index >= 15 is 0 Å². The van der Waals surface area contributed by atoms with Crippen LogP contribution in [0.2, 0.25) is 0 Å². The quantitative estimate of drug-likeness (QED) is 0.490. The van der Waals surface area contributed by atoms with Crippen molar-refractivity contribution in [1.82, 2.24) is 10.6 Å². The molecule has 1 heterocycles. The van der Waals surface area contributed by atoms with E-state index in [4.69, 9.17) is 4.42 Å². The van der Waals surface area contributed by atoms with Crippen LogP contribution in [0.25, 0.3) is 0 Å². The summed E-state index contributed by atoms with van der Waals surface area (Å²) in [6, 6.07) is 17.2. The molecule has 0 saturated carbocycles. The van der Waals surface area contributed by atoms with E-state index in [1.165, 1.54) is 36.6 Å². The largest absolute Gasteiger partial charge is 0.459 e. The second-order valence-electron chi connectivity index (χ2n) is 5.99. The summed E-state index contributed by atoms with van der Waals surface area (Å²) in [6.45, 7) is 0.430. The van der Waals surface area contributed by atoms with Crippen LogP contribution in [-0.4, -0.2) is 33.3 Å². The lowest BCUT2D eigenvalue weighted by Crippen LogP contribution is -2.34. The molecule has 0 aliphatic rings. The van der Waals surface area contributed by atoms with Gasteiger partial charge in [0.15, 0.2) is 5.76 Å². The summed E-state index contributed by atoms with van der Waals surface area (Å²) in [5.41, 5.74) is 0.756. The number of hydrogen-bond donors (Lipinski definition) is 3. The van der Waals surface area contributed by atoms with Gasteiger partial charge in [-0.2, -0.15) is 0 Å². The van der Waals surface area contributed by atoms with Gasteiger partial charge in [0, 0.05) is 24.3 Å². The molecule has 0 unspecified atom stereocenters. The summed E-state index contributed by atoms with van der Waals surface area (Å²) in [5.74, 6) is -0.556. The first kappa shape index (κ1) is 20.2. The minimum Gasteiger partial charge on any atom is -0.459 e. The van der Waals surface area contributed by atoms with Gasteiger partial charge in [-0.3, -0.25) is 14.3 Å². The minimum absolute atomic E-state index is 0.0450. The molecule has 0 aliphatic carbocycles. The van der Waals surface area contributed by atoms with E-state index < -0.39 is 10.0 Å². The lowest BCUT2D eigenvalue weighted by Gasteiger charge is -2.09. The molecule has 0 aliphatic heterocycles. The van der Waals surface area contributed by atoms with Gasteiger partial charge in [-0.25, -0.2) is 8.42 Å². The number of furan rings is 1. The van der Waals surface area contributed by atoms with Crippen LogP contribution in [0.4, 0.5) is 5.69 Å². The number of para-hydroxylation sites is 1. The number of benzene rings is 2. The maximum absolute atomic E-state index is 12.4. The van der Waals surface area contributed by atoms with E-state index in [9.17, 15) is 18.0 Å². The Morgan fingerprint density at radius 1 is 0.793 bits per heavy atom. The Morgan fingerprint density at radius 2 is 1.45 bits per heavy atom. The van der Waals surface area contributed by atoms with Gasteiger partial charge in [0.1, 0.15) is 0 Å². The van der Waals surface area contributed by atoms with Gasteiger partial charge < -0.3 is 15.1 Å². The van der Waals surface area contributed by atoms with Gasteiger partial charge in [0.05, 0.1) is 11.2 Å². The molecule has 0 saturated heterocycles. The fourth-order valence-electron chi connectivity index (χ4n) is 2.45. The molecule has 2 aromatic carbocycles. The molecule has 3 rings (SSSR count). The third kappa shape index (κ3) is 5.45. The van der Waals surface area contributed by atoms with Crippen molar-refractivity contribution in [3.05, 3.63) is 84.3 Å². The lowest BCUT2D eigenvalue weighted by atomic mass is 10.2. The number of anilines is 1. The van der Waals surface area contributed by atoms with Crippen LogP contribution >= 0.6 is 0 Å². The van der Waals surface area contributed by atoms with Gasteiger partial charge >= 0.3 is 0 Å². The fourth-order valence-corrected chi connectivity index (χ4v) is 3.51. The Balaban J connectivity index is 1.51. The molecular formula is C20H19N3O5S. The van der Waals surface area contributed by atoms with E-state index in [0.29, 0.717) is 11.3 Å². The number of hydrogen-bond acceptors (Lipinski definition) is 5. The van der Waals surface area contributed by atoms with Crippen LogP contribution in [0.5, 0.6) is 0 Å². The molecule has 150 valence electrons. The number of nitrogens with one attached hydrogen (secondary N) is 3. The molecule has 9 heteroatoms. The molecule has 2 amide bonds. The van der Waals surface area contributed by atoms with Crippen LogP contribution < -0.4 is 15.4 Å². The second kappa shape index (κ2) is 9.07. The summed E-state index contributed by atoms with van der Waals surface area (Å²) < 4.78 is 32.2. The Hall–Kier alpha value is -3.59. The Kier molecular flexibility index (Phi) is 6.30. The van der Waals surface area contributed by atoms with E-state index in [1.54, 1.807) is 36.4 Å². The maximum Gasteiger partial charge on any atom is 0.287 e.